The molecule has 0 aliphatic rings. The number of hydrogen-bond donors (Lipinski definition) is 1. The van der Waals surface area contributed by atoms with Crippen LogP contribution in [0.2, 0.25) is 10.0 Å². The summed E-state index contributed by atoms with van der Waals surface area (Å²) in [6, 6.07) is 5.54. The van der Waals surface area contributed by atoms with Gasteiger partial charge in [0.15, 0.2) is 6.29 Å². The summed E-state index contributed by atoms with van der Waals surface area (Å²) in [5.41, 5.74) is 1.08. The van der Waals surface area contributed by atoms with Crippen molar-refractivity contribution in [2.75, 3.05) is 27.3 Å². The molecule has 0 saturated carbocycles. The Bertz CT molecular complexity index is 343. The van der Waals surface area contributed by atoms with Crippen LogP contribution in [0.1, 0.15) is 5.56 Å². The Kier molecular flexibility index (Phi) is 6.85. The maximum absolute atomic E-state index is 6.06. The zero-order valence-corrected chi connectivity index (χ0v) is 11.5. The van der Waals surface area contributed by atoms with E-state index in [1.54, 1.807) is 20.3 Å². The van der Waals surface area contributed by atoms with Crippen LogP contribution in [-0.2, 0) is 15.9 Å². The van der Waals surface area contributed by atoms with Crippen molar-refractivity contribution in [2.45, 2.75) is 12.7 Å². The van der Waals surface area contributed by atoms with Crippen molar-refractivity contribution in [3.63, 3.8) is 0 Å². The van der Waals surface area contributed by atoms with Gasteiger partial charge in [-0.05, 0) is 30.7 Å². The summed E-state index contributed by atoms with van der Waals surface area (Å²) in [5.74, 6) is 0. The Labute approximate surface area is 112 Å². The summed E-state index contributed by atoms with van der Waals surface area (Å²) in [7, 11) is 3.23. The normalized spacial score (nSPS) is 11.1. The van der Waals surface area contributed by atoms with Crippen molar-refractivity contribution in [1.29, 1.82) is 0 Å². The molecule has 1 N–H and O–H groups in total. The molecule has 0 radical (unpaired) electrons. The van der Waals surface area contributed by atoms with Gasteiger partial charge in [-0.2, -0.15) is 0 Å². The average Bonchev–Trinajstić information content (AvgIpc) is 2.32. The minimum Gasteiger partial charge on any atom is -0.355 e. The van der Waals surface area contributed by atoms with Gasteiger partial charge in [0, 0.05) is 30.8 Å². The van der Waals surface area contributed by atoms with Crippen molar-refractivity contribution in [3.05, 3.63) is 33.8 Å². The summed E-state index contributed by atoms with van der Waals surface area (Å²) >= 11 is 11.9. The molecule has 17 heavy (non-hydrogen) atoms. The Hall–Kier alpha value is -0.320. The monoisotopic (exact) mass is 277 g/mol. The number of nitrogens with one attached hydrogen (secondary N) is 1. The molecular formula is C12H17Cl2NO2. The highest BCUT2D eigenvalue weighted by Crippen LogP contribution is 2.20. The van der Waals surface area contributed by atoms with Crippen LogP contribution in [0.3, 0.4) is 0 Å². The van der Waals surface area contributed by atoms with E-state index in [0.29, 0.717) is 16.6 Å². The summed E-state index contributed by atoms with van der Waals surface area (Å²) < 4.78 is 10.1. The molecule has 0 heterocycles. The van der Waals surface area contributed by atoms with Gasteiger partial charge in [0.05, 0.1) is 0 Å². The molecule has 0 amide bonds. The molecule has 1 aromatic carbocycles. The van der Waals surface area contributed by atoms with Gasteiger partial charge in [0.2, 0.25) is 0 Å². The van der Waals surface area contributed by atoms with Gasteiger partial charge in [-0.15, -0.1) is 0 Å². The predicted octanol–water partition coefficient (Wildman–Crippen LogP) is 2.74. The van der Waals surface area contributed by atoms with Crippen LogP contribution in [0, 0.1) is 0 Å². The standard InChI is InChI=1S/C12H17Cl2NO2/c1-16-12(17-2)8-15-6-5-9-3-4-10(13)7-11(9)14/h3-4,7,12,15H,5-6,8H2,1-2H3. The second-order valence-electron chi connectivity index (χ2n) is 3.59. The van der Waals surface area contributed by atoms with E-state index in [4.69, 9.17) is 32.7 Å². The number of methoxy groups -OCH3 is 2. The van der Waals surface area contributed by atoms with E-state index in [2.05, 4.69) is 5.32 Å². The Morgan fingerprint density at radius 1 is 1.24 bits per heavy atom. The van der Waals surface area contributed by atoms with Gasteiger partial charge in [-0.1, -0.05) is 29.3 Å². The van der Waals surface area contributed by atoms with Crippen LogP contribution in [0.25, 0.3) is 0 Å². The quantitative estimate of drug-likeness (QED) is 0.614. The van der Waals surface area contributed by atoms with E-state index in [9.17, 15) is 0 Å². The zero-order valence-electron chi connectivity index (χ0n) is 10.0. The third-order valence-corrected chi connectivity index (χ3v) is 3.01. The number of ether oxygens (including phenoxy) is 2. The smallest absolute Gasteiger partial charge is 0.169 e. The molecule has 0 spiro atoms. The first-order valence-corrected chi connectivity index (χ1v) is 6.13. The van der Waals surface area contributed by atoms with Crippen molar-refractivity contribution in [3.8, 4) is 0 Å². The summed E-state index contributed by atoms with van der Waals surface area (Å²) in [5, 5.41) is 4.60. The minimum absolute atomic E-state index is 0.212. The molecule has 0 saturated heterocycles. The van der Waals surface area contributed by atoms with E-state index < -0.39 is 0 Å². The van der Waals surface area contributed by atoms with Gasteiger partial charge >= 0.3 is 0 Å². The van der Waals surface area contributed by atoms with Crippen molar-refractivity contribution >= 4 is 23.2 Å². The lowest BCUT2D eigenvalue weighted by Gasteiger charge is -2.14. The molecule has 1 rings (SSSR count). The Morgan fingerprint density at radius 2 is 1.94 bits per heavy atom. The minimum atomic E-state index is -0.212. The van der Waals surface area contributed by atoms with Crippen LogP contribution < -0.4 is 5.32 Å². The van der Waals surface area contributed by atoms with E-state index in [0.717, 1.165) is 18.5 Å². The largest absolute Gasteiger partial charge is 0.355 e. The number of rotatable bonds is 7. The molecule has 5 heteroatoms. The first kappa shape index (κ1) is 14.7. The lowest BCUT2D eigenvalue weighted by Crippen LogP contribution is -2.31. The van der Waals surface area contributed by atoms with Crippen molar-refractivity contribution in [1.82, 2.24) is 5.32 Å². The third-order valence-electron chi connectivity index (χ3n) is 2.42. The van der Waals surface area contributed by atoms with Gasteiger partial charge in [-0.25, -0.2) is 0 Å². The molecule has 0 fully saturated rings. The fraction of sp³-hybridized carbons (Fsp3) is 0.500. The predicted molar refractivity (Wildman–Crippen MR) is 70.8 cm³/mol. The number of benzene rings is 1. The molecule has 0 aliphatic carbocycles. The van der Waals surface area contributed by atoms with Gasteiger partial charge in [0.25, 0.3) is 0 Å². The second kappa shape index (κ2) is 7.90. The molecule has 0 aliphatic heterocycles. The van der Waals surface area contributed by atoms with Crippen molar-refractivity contribution < 1.29 is 9.47 Å². The van der Waals surface area contributed by atoms with Crippen LogP contribution >= 0.6 is 23.2 Å². The zero-order chi connectivity index (χ0) is 12.7. The Balaban J connectivity index is 2.31. The molecule has 0 unspecified atom stereocenters. The first-order valence-electron chi connectivity index (χ1n) is 5.37. The molecule has 1 aromatic rings. The number of halogens is 2. The van der Waals surface area contributed by atoms with Crippen LogP contribution in [0.15, 0.2) is 18.2 Å². The van der Waals surface area contributed by atoms with Gasteiger partial charge in [0.1, 0.15) is 0 Å². The molecular weight excluding hydrogens is 261 g/mol. The SMILES string of the molecule is COC(CNCCc1ccc(Cl)cc1Cl)OC. The summed E-state index contributed by atoms with van der Waals surface area (Å²) in [6.45, 7) is 1.46. The molecule has 96 valence electrons. The first-order chi connectivity index (χ1) is 8.17. The average molecular weight is 278 g/mol. The lowest BCUT2D eigenvalue weighted by molar-refractivity contribution is -0.0986. The van der Waals surface area contributed by atoms with E-state index in [-0.39, 0.29) is 6.29 Å². The van der Waals surface area contributed by atoms with E-state index in [1.807, 2.05) is 12.1 Å². The van der Waals surface area contributed by atoms with Gasteiger partial charge in [-0.3, -0.25) is 0 Å². The van der Waals surface area contributed by atoms with E-state index >= 15 is 0 Å². The lowest BCUT2D eigenvalue weighted by atomic mass is 10.1. The van der Waals surface area contributed by atoms with Crippen molar-refractivity contribution in [2.24, 2.45) is 0 Å². The highest BCUT2D eigenvalue weighted by Gasteiger charge is 2.04. The van der Waals surface area contributed by atoms with Crippen LogP contribution in [0.4, 0.5) is 0 Å². The second-order valence-corrected chi connectivity index (χ2v) is 4.43. The topological polar surface area (TPSA) is 30.5 Å². The summed E-state index contributed by atoms with van der Waals surface area (Å²) in [6.07, 6.45) is 0.631. The number of hydrogen-bond acceptors (Lipinski definition) is 3. The van der Waals surface area contributed by atoms with Crippen LogP contribution in [-0.4, -0.2) is 33.6 Å². The highest BCUT2D eigenvalue weighted by atomic mass is 35.5. The molecule has 0 aromatic heterocycles. The fourth-order valence-electron chi connectivity index (χ4n) is 1.43. The van der Waals surface area contributed by atoms with Gasteiger partial charge < -0.3 is 14.8 Å². The maximum Gasteiger partial charge on any atom is 0.169 e. The molecule has 0 atom stereocenters. The molecule has 3 nitrogen and oxygen atoms in total. The van der Waals surface area contributed by atoms with Crippen LogP contribution in [0.5, 0.6) is 0 Å². The molecule has 0 bridgehead atoms. The highest BCUT2D eigenvalue weighted by molar-refractivity contribution is 6.35. The third kappa shape index (κ3) is 5.23. The maximum atomic E-state index is 6.06. The fourth-order valence-corrected chi connectivity index (χ4v) is 1.93. The summed E-state index contributed by atoms with van der Waals surface area (Å²) in [4.78, 5) is 0. The van der Waals surface area contributed by atoms with E-state index in [1.165, 1.54) is 0 Å². The Morgan fingerprint density at radius 3 is 2.53 bits per heavy atom.